The monoisotopic (exact) mass is 428 g/mol. The van der Waals surface area contributed by atoms with Crippen molar-refractivity contribution < 1.29 is 43.2 Å². The van der Waals surface area contributed by atoms with Gasteiger partial charge < -0.3 is 0 Å². The summed E-state index contributed by atoms with van der Waals surface area (Å²) in [7, 11) is -13.3. The summed E-state index contributed by atoms with van der Waals surface area (Å²) in [6, 6.07) is 0. The van der Waals surface area contributed by atoms with Crippen molar-refractivity contribution in [2.45, 2.75) is 69.3 Å². The van der Waals surface area contributed by atoms with E-state index in [4.69, 9.17) is 0 Å². The smallest absolute Gasteiger partial charge is 0.202 e. The van der Waals surface area contributed by atoms with E-state index in [1.165, 1.54) is 0 Å². The van der Waals surface area contributed by atoms with Gasteiger partial charge in [-0.15, -0.1) is 0 Å². The summed E-state index contributed by atoms with van der Waals surface area (Å²) < 4.78 is 118. The summed E-state index contributed by atoms with van der Waals surface area (Å²) in [6.07, 6.45) is 4.59. The van der Waals surface area contributed by atoms with Crippen LogP contribution in [-0.2, 0) is 20.0 Å². The molecule has 0 unspecified atom stereocenters. The molecule has 0 bridgehead atoms. The fourth-order valence-electron chi connectivity index (χ4n) is 1.98. The Morgan fingerprint density at radius 3 is 1.27 bits per heavy atom. The number of hydrogen-bond acceptors (Lipinski definition) is 4. The van der Waals surface area contributed by atoms with Gasteiger partial charge in [0.1, 0.15) is 0 Å². The zero-order valence-corrected chi connectivity index (χ0v) is 16.2. The quantitative estimate of drug-likeness (QED) is 0.286. The van der Waals surface area contributed by atoms with Gasteiger partial charge in [0.25, 0.3) is 0 Å². The van der Waals surface area contributed by atoms with E-state index in [-0.39, 0.29) is 25.3 Å². The molecule has 153 valence electrons. The van der Waals surface area contributed by atoms with Crippen molar-refractivity contribution in [3.63, 3.8) is 0 Å². The van der Waals surface area contributed by atoms with Crippen molar-refractivity contribution in [1.82, 2.24) is 3.71 Å². The second-order valence-electron chi connectivity index (χ2n) is 5.37. The fraction of sp³-hybridized carbons (Fsp3) is 1.00. The van der Waals surface area contributed by atoms with Gasteiger partial charge in [0.2, 0.25) is 0 Å². The molecular weight excluding hydrogens is 407 g/mol. The van der Waals surface area contributed by atoms with E-state index in [0.29, 0.717) is 12.8 Å². The van der Waals surface area contributed by atoms with Gasteiger partial charge in [0.15, 0.2) is 0 Å². The molecule has 0 saturated carbocycles. The third-order valence-corrected chi connectivity index (χ3v) is 7.10. The molecule has 14 heteroatoms. The van der Waals surface area contributed by atoms with Gasteiger partial charge in [-0.25, -0.2) is 16.8 Å². The van der Waals surface area contributed by atoms with E-state index in [1.807, 2.05) is 6.92 Å². The van der Waals surface area contributed by atoms with Crippen molar-refractivity contribution in [3.8, 4) is 0 Å². The zero-order chi connectivity index (χ0) is 19.9. The Balaban J connectivity index is 0. The maximum absolute atomic E-state index is 12.5. The summed E-state index contributed by atoms with van der Waals surface area (Å²) in [6.45, 7) is 0.593. The molecule has 5 nitrogen and oxygen atoms in total. The van der Waals surface area contributed by atoms with E-state index < -0.39 is 47.7 Å². The van der Waals surface area contributed by atoms with Gasteiger partial charge in [0, 0.05) is 25.4 Å². The second kappa shape index (κ2) is 11.1. The first-order valence-electron chi connectivity index (χ1n) is 7.60. The third kappa shape index (κ3) is 7.96. The Morgan fingerprint density at radius 2 is 0.962 bits per heavy atom. The van der Waals surface area contributed by atoms with Crippen LogP contribution in [0.5, 0.6) is 0 Å². The summed E-state index contributed by atoms with van der Waals surface area (Å²) in [5, 5.41) is 0. The van der Waals surface area contributed by atoms with Crippen LogP contribution in [0.2, 0.25) is 0 Å². The molecule has 0 atom stereocenters. The Hall–Kier alpha value is 0.0374. The van der Waals surface area contributed by atoms with Gasteiger partial charge in [-0.3, -0.25) is 0 Å². The molecule has 1 radical (unpaired) electrons. The second-order valence-corrected chi connectivity index (χ2v) is 9.31. The van der Waals surface area contributed by atoms with Crippen LogP contribution in [0.25, 0.3) is 0 Å². The van der Waals surface area contributed by atoms with E-state index >= 15 is 0 Å². The predicted octanol–water partition coefficient (Wildman–Crippen LogP) is 3.75. The Morgan fingerprint density at radius 1 is 0.654 bits per heavy atom. The Bertz CT molecular complexity index is 560. The largest absolute Gasteiger partial charge is 0.512 e. The molecule has 0 N–H and O–H groups in total. The summed E-state index contributed by atoms with van der Waals surface area (Å²) in [5.41, 5.74) is -12.3. The number of nitrogens with zero attached hydrogens (tertiary/aromatic N) is 1. The molecule has 0 amide bonds. The standard InChI is InChI=1S/C12H21F6NO4S2.Li/c1-2-3-4-5-6-7-8-9-10-19(24(20,21)11(13,14)15)25(22,23)12(16,17)18;/h2-10H2,1H3;. The molecule has 0 aliphatic rings. The molecule has 0 aliphatic carbocycles. The molecule has 0 aromatic carbocycles. The maximum atomic E-state index is 12.5. The molecule has 26 heavy (non-hydrogen) atoms. The minimum Gasteiger partial charge on any atom is -0.202 e. The van der Waals surface area contributed by atoms with Crippen molar-refractivity contribution in [3.05, 3.63) is 0 Å². The van der Waals surface area contributed by atoms with Crippen LogP contribution in [0.15, 0.2) is 0 Å². The summed E-state index contributed by atoms with van der Waals surface area (Å²) in [4.78, 5) is 0. The minimum atomic E-state index is -6.66. The van der Waals surface area contributed by atoms with E-state index in [2.05, 4.69) is 0 Å². The molecule has 0 heterocycles. The third-order valence-electron chi connectivity index (χ3n) is 3.32. The first kappa shape index (κ1) is 28.2. The van der Waals surface area contributed by atoms with E-state index in [0.717, 1.165) is 25.7 Å². The SMILES string of the molecule is CCCCCCCCCCN(S(=O)(=O)C(F)(F)F)S(=O)(=O)C(F)(F)F.[Li]. The van der Waals surface area contributed by atoms with Gasteiger partial charge in [-0.1, -0.05) is 55.6 Å². The number of unbranched alkanes of at least 4 members (excludes halogenated alkanes) is 7. The molecule has 0 aromatic heterocycles. The van der Waals surface area contributed by atoms with Crippen molar-refractivity contribution >= 4 is 38.9 Å². The number of alkyl halides is 6. The van der Waals surface area contributed by atoms with E-state index in [1.54, 1.807) is 0 Å². The Kier molecular flexibility index (Phi) is 12.1. The van der Waals surface area contributed by atoms with Gasteiger partial charge >= 0.3 is 31.1 Å². The normalized spacial score (nSPS) is 13.7. The maximum Gasteiger partial charge on any atom is 0.512 e. The predicted molar refractivity (Wildman–Crippen MR) is 85.0 cm³/mol. The summed E-state index contributed by atoms with van der Waals surface area (Å²) in [5.74, 6) is 0. The number of hydrogen-bond donors (Lipinski definition) is 0. The molecule has 0 saturated heterocycles. The molecule has 0 rings (SSSR count). The van der Waals surface area contributed by atoms with Crippen molar-refractivity contribution in [2.24, 2.45) is 0 Å². The topological polar surface area (TPSA) is 71.5 Å². The summed E-state index contributed by atoms with van der Waals surface area (Å²) >= 11 is 0. The van der Waals surface area contributed by atoms with Crippen molar-refractivity contribution in [2.75, 3.05) is 6.54 Å². The Labute approximate surface area is 161 Å². The minimum absolute atomic E-state index is 0. The molecule has 0 fully saturated rings. The fourth-order valence-corrected chi connectivity index (χ4v) is 4.72. The average molecular weight is 428 g/mol. The first-order valence-corrected chi connectivity index (χ1v) is 10.5. The van der Waals surface area contributed by atoms with Gasteiger partial charge in [0.05, 0.1) is 0 Å². The number of rotatable bonds is 11. The van der Waals surface area contributed by atoms with Gasteiger partial charge in [-0.2, -0.15) is 26.3 Å². The molecule has 0 aromatic rings. The average Bonchev–Trinajstić information content (AvgIpc) is 2.42. The van der Waals surface area contributed by atoms with Gasteiger partial charge in [-0.05, 0) is 6.42 Å². The molecule has 0 aliphatic heterocycles. The van der Waals surface area contributed by atoms with Crippen molar-refractivity contribution in [1.29, 1.82) is 0 Å². The van der Waals surface area contributed by atoms with Crippen LogP contribution in [0.1, 0.15) is 58.3 Å². The van der Waals surface area contributed by atoms with E-state index in [9.17, 15) is 43.2 Å². The van der Waals surface area contributed by atoms with Crippen LogP contribution in [0.4, 0.5) is 26.3 Å². The van der Waals surface area contributed by atoms with Crippen LogP contribution in [0.3, 0.4) is 0 Å². The molecular formula is C12H21F6LiNO4S2. The molecule has 0 spiro atoms. The number of halogens is 6. The van der Waals surface area contributed by atoms with Crippen LogP contribution < -0.4 is 0 Å². The zero-order valence-electron chi connectivity index (χ0n) is 14.5. The first-order chi connectivity index (χ1) is 11.2. The number of sulfonamides is 2. The van der Waals surface area contributed by atoms with Crippen LogP contribution in [0, 0.1) is 0 Å². The van der Waals surface area contributed by atoms with Crippen LogP contribution in [-0.4, -0.2) is 57.0 Å². The van der Waals surface area contributed by atoms with Crippen LogP contribution >= 0.6 is 0 Å².